The summed E-state index contributed by atoms with van der Waals surface area (Å²) in [5, 5.41) is 10.4. The van der Waals surface area contributed by atoms with Crippen LogP contribution in [0.5, 0.6) is 0 Å². The van der Waals surface area contributed by atoms with E-state index < -0.39 is 6.10 Å². The van der Waals surface area contributed by atoms with Gasteiger partial charge in [-0.3, -0.25) is 0 Å². The number of rotatable bonds is 5. The highest BCUT2D eigenvalue weighted by Crippen LogP contribution is 2.53. The molecular weight excluding hydrogens is 260 g/mol. The minimum absolute atomic E-state index is 0.143. The van der Waals surface area contributed by atoms with E-state index in [1.807, 2.05) is 37.4 Å². The molecule has 0 radical (unpaired) electrons. The van der Waals surface area contributed by atoms with Crippen LogP contribution in [0, 0.1) is 0 Å². The van der Waals surface area contributed by atoms with Gasteiger partial charge in [0.05, 0.1) is 12.9 Å². The first-order chi connectivity index (χ1) is 7.66. The molecule has 1 fully saturated rings. The number of ether oxygens (including phenoxy) is 1. The second kappa shape index (κ2) is 7.09. The lowest BCUT2D eigenvalue weighted by molar-refractivity contribution is 0.205. The number of aliphatic hydroxyl groups is 1. The van der Waals surface area contributed by atoms with Gasteiger partial charge in [-0.25, -0.2) is 0 Å². The first-order valence-electron chi connectivity index (χ1n) is 5.45. The van der Waals surface area contributed by atoms with Crippen LogP contribution < -0.4 is 0 Å². The largest absolute Gasteiger partial charge is 0.501 e. The van der Waals surface area contributed by atoms with Crippen molar-refractivity contribution in [1.29, 1.82) is 0 Å². The molecule has 0 aliphatic carbocycles. The monoisotopic (exact) mass is 280 g/mol. The van der Waals surface area contributed by atoms with Crippen molar-refractivity contribution in [3.05, 3.63) is 11.8 Å². The predicted octanol–water partition coefficient (Wildman–Crippen LogP) is 3.17. The zero-order valence-electron chi connectivity index (χ0n) is 10.1. The van der Waals surface area contributed by atoms with Crippen molar-refractivity contribution < 1.29 is 9.84 Å². The fourth-order valence-electron chi connectivity index (χ4n) is 1.47. The van der Waals surface area contributed by atoms with Crippen molar-refractivity contribution in [2.45, 2.75) is 29.8 Å². The van der Waals surface area contributed by atoms with E-state index in [4.69, 9.17) is 4.74 Å². The zero-order chi connectivity index (χ0) is 12.0. The summed E-state index contributed by atoms with van der Waals surface area (Å²) in [6.45, 7) is 4.54. The maximum atomic E-state index is 10.4. The van der Waals surface area contributed by atoms with Crippen LogP contribution in [0.15, 0.2) is 11.8 Å². The average molecular weight is 280 g/mol. The molecule has 0 aromatic heterocycles. The molecule has 0 spiro atoms. The Bertz CT molecular complexity index is 237. The second-order valence-electron chi connectivity index (χ2n) is 3.58. The predicted molar refractivity (Wildman–Crippen MR) is 77.2 cm³/mol. The fraction of sp³-hybridized carbons (Fsp3) is 0.818. The van der Waals surface area contributed by atoms with E-state index in [0.29, 0.717) is 6.61 Å². The first-order valence-corrected chi connectivity index (χ1v) is 8.65. The summed E-state index contributed by atoms with van der Waals surface area (Å²) >= 11 is 5.46. The number of hydrogen-bond donors (Lipinski definition) is 1. The summed E-state index contributed by atoms with van der Waals surface area (Å²) in [5.74, 6) is 2.26. The van der Waals surface area contributed by atoms with E-state index in [1.165, 1.54) is 6.42 Å². The summed E-state index contributed by atoms with van der Waals surface area (Å²) in [7, 11) is 0. The van der Waals surface area contributed by atoms with Gasteiger partial charge in [0.25, 0.3) is 0 Å². The Kier molecular flexibility index (Phi) is 6.47. The summed E-state index contributed by atoms with van der Waals surface area (Å²) < 4.78 is 5.10. The Labute approximate surface area is 111 Å². The van der Waals surface area contributed by atoms with Crippen LogP contribution in [0.4, 0.5) is 0 Å². The Balaban J connectivity index is 2.70. The quantitative estimate of drug-likeness (QED) is 0.781. The lowest BCUT2D eigenvalue weighted by Gasteiger charge is -2.38. The Morgan fingerprint density at radius 3 is 2.69 bits per heavy atom. The topological polar surface area (TPSA) is 29.5 Å². The third-order valence-electron chi connectivity index (χ3n) is 2.38. The molecule has 0 bridgehead atoms. The van der Waals surface area contributed by atoms with Gasteiger partial charge < -0.3 is 9.84 Å². The SMILES string of the molecule is CCO/C=C(\C)C(O)C1(SC)SCCCS1. The lowest BCUT2D eigenvalue weighted by atomic mass is 10.2. The third kappa shape index (κ3) is 3.52. The maximum Gasteiger partial charge on any atom is 0.136 e. The van der Waals surface area contributed by atoms with Gasteiger partial charge in [0, 0.05) is 0 Å². The summed E-state index contributed by atoms with van der Waals surface area (Å²) in [4.78, 5) is 0. The van der Waals surface area contributed by atoms with Crippen molar-refractivity contribution >= 4 is 35.3 Å². The van der Waals surface area contributed by atoms with E-state index in [9.17, 15) is 5.11 Å². The van der Waals surface area contributed by atoms with Crippen LogP contribution in [0.3, 0.4) is 0 Å². The molecule has 1 aliphatic rings. The molecule has 0 saturated carbocycles. The van der Waals surface area contributed by atoms with E-state index in [1.54, 1.807) is 18.0 Å². The normalized spacial score (nSPS) is 22.9. The third-order valence-corrected chi connectivity index (χ3v) is 7.83. The summed E-state index contributed by atoms with van der Waals surface area (Å²) in [6.07, 6.45) is 4.56. The van der Waals surface area contributed by atoms with E-state index in [2.05, 4.69) is 6.26 Å². The molecule has 1 aliphatic heterocycles. The van der Waals surface area contributed by atoms with E-state index >= 15 is 0 Å². The maximum absolute atomic E-state index is 10.4. The van der Waals surface area contributed by atoms with Gasteiger partial charge in [0.15, 0.2) is 0 Å². The number of hydrogen-bond acceptors (Lipinski definition) is 5. The van der Waals surface area contributed by atoms with Gasteiger partial charge in [-0.2, -0.15) is 0 Å². The van der Waals surface area contributed by atoms with Gasteiger partial charge in [0.1, 0.15) is 9.52 Å². The van der Waals surface area contributed by atoms with Gasteiger partial charge in [-0.15, -0.1) is 35.3 Å². The molecule has 0 amide bonds. The Morgan fingerprint density at radius 1 is 1.56 bits per heavy atom. The van der Waals surface area contributed by atoms with Gasteiger partial charge in [0.2, 0.25) is 0 Å². The van der Waals surface area contributed by atoms with Crippen molar-refractivity contribution in [3.8, 4) is 0 Å². The molecule has 1 N–H and O–H groups in total. The molecule has 16 heavy (non-hydrogen) atoms. The van der Waals surface area contributed by atoms with Crippen LogP contribution in [0.25, 0.3) is 0 Å². The summed E-state index contributed by atoms with van der Waals surface area (Å²) in [5.41, 5.74) is 0.915. The second-order valence-corrected chi connectivity index (χ2v) is 8.09. The molecule has 5 heteroatoms. The fourth-order valence-corrected chi connectivity index (χ4v) is 6.18. The molecule has 0 aromatic rings. The van der Waals surface area contributed by atoms with Crippen molar-refractivity contribution in [2.75, 3.05) is 24.4 Å². The van der Waals surface area contributed by atoms with Crippen molar-refractivity contribution in [1.82, 2.24) is 0 Å². The van der Waals surface area contributed by atoms with Crippen LogP contribution in [-0.2, 0) is 4.74 Å². The standard InChI is InChI=1S/C11H20O2S3/c1-4-13-8-9(2)10(12)11(14-3)15-6-5-7-16-11/h8,10,12H,4-7H2,1-3H3/b9-8+. The molecule has 1 saturated heterocycles. The molecular formula is C11H20O2S3. The van der Waals surface area contributed by atoms with Crippen molar-refractivity contribution in [2.24, 2.45) is 0 Å². The highest BCUT2D eigenvalue weighted by Gasteiger charge is 2.41. The van der Waals surface area contributed by atoms with Gasteiger partial charge in [-0.05, 0) is 43.6 Å². The lowest BCUT2D eigenvalue weighted by Crippen LogP contribution is -2.36. The average Bonchev–Trinajstić information content (AvgIpc) is 2.35. The van der Waals surface area contributed by atoms with E-state index in [0.717, 1.165) is 17.1 Å². The highest BCUT2D eigenvalue weighted by molar-refractivity contribution is 8.34. The molecule has 1 atom stereocenters. The van der Waals surface area contributed by atoms with Crippen molar-refractivity contribution in [3.63, 3.8) is 0 Å². The molecule has 2 nitrogen and oxygen atoms in total. The van der Waals surface area contributed by atoms with Gasteiger partial charge >= 0.3 is 0 Å². The minimum atomic E-state index is -0.440. The molecule has 1 rings (SSSR count). The Hall–Kier alpha value is 0.550. The van der Waals surface area contributed by atoms with Crippen LogP contribution in [-0.4, -0.2) is 39.0 Å². The molecule has 94 valence electrons. The smallest absolute Gasteiger partial charge is 0.136 e. The van der Waals surface area contributed by atoms with Crippen LogP contribution >= 0.6 is 35.3 Å². The highest BCUT2D eigenvalue weighted by atomic mass is 32.3. The van der Waals surface area contributed by atoms with Crippen LogP contribution in [0.1, 0.15) is 20.3 Å². The Morgan fingerprint density at radius 2 is 2.19 bits per heavy atom. The van der Waals surface area contributed by atoms with Crippen LogP contribution in [0.2, 0.25) is 0 Å². The van der Waals surface area contributed by atoms with Gasteiger partial charge in [-0.1, -0.05) is 0 Å². The molecule has 0 aromatic carbocycles. The first kappa shape index (κ1) is 14.6. The minimum Gasteiger partial charge on any atom is -0.501 e. The van der Waals surface area contributed by atoms with E-state index in [-0.39, 0.29) is 3.41 Å². The molecule has 1 unspecified atom stereocenters. The molecule has 1 heterocycles. The number of aliphatic hydroxyl groups excluding tert-OH is 1. The number of thioether (sulfide) groups is 3. The zero-order valence-corrected chi connectivity index (χ0v) is 12.5. The summed E-state index contributed by atoms with van der Waals surface area (Å²) in [6, 6.07) is 0.